The average Bonchev–Trinajstić information content (AvgIpc) is 3.05. The van der Waals surface area contributed by atoms with E-state index >= 15 is 0 Å². The highest BCUT2D eigenvalue weighted by Gasteiger charge is 2.21. The predicted octanol–water partition coefficient (Wildman–Crippen LogP) is 1.73. The first-order valence-electron chi connectivity index (χ1n) is 6.34. The van der Waals surface area contributed by atoms with Crippen molar-refractivity contribution in [1.82, 2.24) is 10.6 Å². The van der Waals surface area contributed by atoms with Crippen LogP contribution in [0.1, 0.15) is 45.4 Å². The Morgan fingerprint density at radius 1 is 1.41 bits per heavy atom. The summed E-state index contributed by atoms with van der Waals surface area (Å²) in [7, 11) is 0. The van der Waals surface area contributed by atoms with Gasteiger partial charge in [-0.2, -0.15) is 0 Å². The number of carbonyl (C=O) groups is 2. The molecule has 1 aliphatic rings. The number of hydrogen-bond acceptors (Lipinski definition) is 2. The highest BCUT2D eigenvalue weighted by Crippen LogP contribution is 2.33. The van der Waals surface area contributed by atoms with Crippen LogP contribution in [0.2, 0.25) is 0 Å². The molecule has 1 saturated carbocycles. The van der Waals surface area contributed by atoms with Crippen LogP contribution in [-0.2, 0) is 4.79 Å². The third kappa shape index (κ3) is 7.60. The van der Waals surface area contributed by atoms with E-state index in [1.165, 1.54) is 19.3 Å². The van der Waals surface area contributed by atoms with E-state index in [1.54, 1.807) is 0 Å². The van der Waals surface area contributed by atoms with Crippen molar-refractivity contribution in [1.29, 1.82) is 0 Å². The Morgan fingerprint density at radius 2 is 2.12 bits per heavy atom. The van der Waals surface area contributed by atoms with E-state index in [0.717, 1.165) is 12.3 Å². The zero-order valence-corrected chi connectivity index (χ0v) is 10.4. The molecule has 0 saturated heterocycles. The van der Waals surface area contributed by atoms with Gasteiger partial charge in [-0.15, -0.1) is 0 Å². The van der Waals surface area contributed by atoms with Crippen molar-refractivity contribution in [3.05, 3.63) is 0 Å². The molecule has 0 spiro atoms. The fourth-order valence-electron chi connectivity index (χ4n) is 1.68. The summed E-state index contributed by atoms with van der Waals surface area (Å²) < 4.78 is 0. The van der Waals surface area contributed by atoms with E-state index in [2.05, 4.69) is 10.6 Å². The van der Waals surface area contributed by atoms with Crippen molar-refractivity contribution in [3.63, 3.8) is 0 Å². The van der Waals surface area contributed by atoms with Crippen molar-refractivity contribution >= 4 is 12.0 Å². The highest BCUT2D eigenvalue weighted by atomic mass is 16.4. The molecular formula is C12H22N2O3. The van der Waals surface area contributed by atoms with Crippen molar-refractivity contribution in [2.45, 2.75) is 51.5 Å². The van der Waals surface area contributed by atoms with E-state index < -0.39 is 5.97 Å². The van der Waals surface area contributed by atoms with Gasteiger partial charge in [-0.25, -0.2) is 4.79 Å². The van der Waals surface area contributed by atoms with E-state index in [9.17, 15) is 9.59 Å². The van der Waals surface area contributed by atoms with E-state index in [4.69, 9.17) is 5.11 Å². The first-order valence-corrected chi connectivity index (χ1v) is 6.34. The summed E-state index contributed by atoms with van der Waals surface area (Å²) in [5.74, 6) is 0.0582. The zero-order valence-electron chi connectivity index (χ0n) is 10.4. The van der Waals surface area contributed by atoms with Crippen LogP contribution in [0.5, 0.6) is 0 Å². The molecule has 0 aliphatic heterocycles. The molecule has 0 aromatic rings. The molecule has 5 heteroatoms. The average molecular weight is 242 g/mol. The van der Waals surface area contributed by atoms with Gasteiger partial charge in [0.1, 0.15) is 0 Å². The predicted molar refractivity (Wildman–Crippen MR) is 64.8 cm³/mol. The second-order valence-electron chi connectivity index (χ2n) is 4.82. The third-order valence-corrected chi connectivity index (χ3v) is 2.94. The number of nitrogens with one attached hydrogen (secondary N) is 2. The smallest absolute Gasteiger partial charge is 0.314 e. The lowest BCUT2D eigenvalue weighted by atomic mass is 10.1. The molecule has 3 N–H and O–H groups in total. The molecule has 0 heterocycles. The summed E-state index contributed by atoms with van der Waals surface area (Å²) in [5.41, 5.74) is 0. The second-order valence-corrected chi connectivity index (χ2v) is 4.82. The SMILES string of the molecule is CC(CCC1CC1)NC(=O)NCCCC(=O)O. The van der Waals surface area contributed by atoms with Crippen LogP contribution in [0.25, 0.3) is 0 Å². The van der Waals surface area contributed by atoms with Gasteiger partial charge in [0.15, 0.2) is 0 Å². The maximum Gasteiger partial charge on any atom is 0.314 e. The molecule has 1 atom stereocenters. The molecule has 17 heavy (non-hydrogen) atoms. The highest BCUT2D eigenvalue weighted by molar-refractivity contribution is 5.74. The second kappa shape index (κ2) is 7.14. The summed E-state index contributed by atoms with van der Waals surface area (Å²) >= 11 is 0. The molecule has 2 amide bonds. The topological polar surface area (TPSA) is 78.4 Å². The maximum atomic E-state index is 11.4. The number of aliphatic carboxylic acids is 1. The molecule has 1 unspecified atom stereocenters. The van der Waals surface area contributed by atoms with Gasteiger partial charge in [-0.1, -0.05) is 12.8 Å². The lowest BCUT2D eigenvalue weighted by Gasteiger charge is -2.14. The van der Waals surface area contributed by atoms with Crippen molar-refractivity contribution in [3.8, 4) is 0 Å². The molecule has 1 aliphatic carbocycles. The monoisotopic (exact) mass is 242 g/mol. The number of hydrogen-bond donors (Lipinski definition) is 3. The van der Waals surface area contributed by atoms with Gasteiger partial charge in [0, 0.05) is 19.0 Å². The molecule has 1 rings (SSSR count). The minimum atomic E-state index is -0.829. The Bertz CT molecular complexity index is 264. The van der Waals surface area contributed by atoms with Crippen molar-refractivity contribution in [2.24, 2.45) is 5.92 Å². The largest absolute Gasteiger partial charge is 0.481 e. The molecule has 0 radical (unpaired) electrons. The summed E-state index contributed by atoms with van der Waals surface area (Å²) in [6, 6.07) is -0.00578. The van der Waals surface area contributed by atoms with Gasteiger partial charge in [-0.05, 0) is 32.1 Å². The zero-order chi connectivity index (χ0) is 12.7. The van der Waals surface area contributed by atoms with E-state index in [1.807, 2.05) is 6.92 Å². The van der Waals surface area contributed by atoms with E-state index in [-0.39, 0.29) is 18.5 Å². The first kappa shape index (κ1) is 13.8. The Hall–Kier alpha value is -1.26. The Kier molecular flexibility index (Phi) is 5.80. The summed E-state index contributed by atoms with van der Waals surface area (Å²) in [5, 5.41) is 13.9. The lowest BCUT2D eigenvalue weighted by molar-refractivity contribution is -0.137. The van der Waals surface area contributed by atoms with Crippen LogP contribution >= 0.6 is 0 Å². The third-order valence-electron chi connectivity index (χ3n) is 2.94. The number of amides is 2. The van der Waals surface area contributed by atoms with Crippen LogP contribution in [0.15, 0.2) is 0 Å². The number of rotatable bonds is 8. The number of carboxylic acids is 1. The summed E-state index contributed by atoms with van der Waals surface area (Å²) in [4.78, 5) is 21.6. The molecule has 5 nitrogen and oxygen atoms in total. The Labute approximate surface area is 102 Å². The summed E-state index contributed by atoms with van der Waals surface area (Å²) in [6.07, 6.45) is 5.46. The van der Waals surface area contributed by atoms with Gasteiger partial charge in [0.2, 0.25) is 0 Å². The molecule has 98 valence electrons. The fraction of sp³-hybridized carbons (Fsp3) is 0.833. The van der Waals surface area contributed by atoms with Crippen molar-refractivity contribution < 1.29 is 14.7 Å². The first-order chi connectivity index (χ1) is 8.08. The number of carbonyl (C=O) groups excluding carboxylic acids is 1. The summed E-state index contributed by atoms with van der Waals surface area (Å²) in [6.45, 7) is 2.41. The molecule has 0 aromatic carbocycles. The van der Waals surface area contributed by atoms with Crippen LogP contribution in [0.3, 0.4) is 0 Å². The standard InChI is InChI=1S/C12H22N2O3/c1-9(4-5-10-6-7-10)14-12(17)13-8-2-3-11(15)16/h9-10H,2-8H2,1H3,(H,15,16)(H2,13,14,17). The van der Waals surface area contributed by atoms with Crippen LogP contribution < -0.4 is 10.6 Å². The lowest BCUT2D eigenvalue weighted by Crippen LogP contribution is -2.41. The number of urea groups is 1. The Morgan fingerprint density at radius 3 is 2.71 bits per heavy atom. The maximum absolute atomic E-state index is 11.4. The van der Waals surface area contributed by atoms with E-state index in [0.29, 0.717) is 13.0 Å². The Balaban J connectivity index is 1.96. The van der Waals surface area contributed by atoms with Gasteiger partial charge in [-0.3, -0.25) is 4.79 Å². The quantitative estimate of drug-likeness (QED) is 0.567. The normalized spacial score (nSPS) is 16.3. The molecule has 0 bridgehead atoms. The van der Waals surface area contributed by atoms with Crippen molar-refractivity contribution in [2.75, 3.05) is 6.54 Å². The van der Waals surface area contributed by atoms with Crippen LogP contribution in [0, 0.1) is 5.92 Å². The minimum Gasteiger partial charge on any atom is -0.481 e. The van der Waals surface area contributed by atoms with Gasteiger partial charge < -0.3 is 15.7 Å². The minimum absolute atomic E-state index is 0.0948. The molecule has 0 aromatic heterocycles. The van der Waals surface area contributed by atoms with Crippen LogP contribution in [-0.4, -0.2) is 29.7 Å². The molecular weight excluding hydrogens is 220 g/mol. The van der Waals surface area contributed by atoms with Crippen LogP contribution in [0.4, 0.5) is 4.79 Å². The molecule has 1 fully saturated rings. The van der Waals surface area contributed by atoms with Gasteiger partial charge >= 0.3 is 12.0 Å². The van der Waals surface area contributed by atoms with Gasteiger partial charge in [0.05, 0.1) is 0 Å². The van der Waals surface area contributed by atoms with Gasteiger partial charge in [0.25, 0.3) is 0 Å². The number of carboxylic acid groups (broad SMARTS) is 1. The fourth-order valence-corrected chi connectivity index (χ4v) is 1.68.